The first-order chi connectivity index (χ1) is 14.0. The Kier molecular flexibility index (Phi) is 5.12. The van der Waals surface area contributed by atoms with Crippen LogP contribution in [-0.2, 0) is 17.9 Å². The van der Waals surface area contributed by atoms with Crippen molar-refractivity contribution in [3.63, 3.8) is 0 Å². The number of aliphatic hydroxyl groups is 1. The fourth-order valence-electron chi connectivity index (χ4n) is 3.46. The average molecular weight is 393 g/mol. The lowest BCUT2D eigenvalue weighted by molar-refractivity contribution is 0.0535. The first-order valence-electron chi connectivity index (χ1n) is 9.46. The van der Waals surface area contributed by atoms with Crippen LogP contribution < -0.4 is 5.32 Å². The van der Waals surface area contributed by atoms with Crippen molar-refractivity contribution in [3.05, 3.63) is 70.1 Å². The molecule has 1 aliphatic rings. The van der Waals surface area contributed by atoms with Crippen LogP contribution in [0.1, 0.15) is 50.1 Å². The van der Waals surface area contributed by atoms with E-state index < -0.39 is 6.10 Å². The molecule has 1 aliphatic heterocycles. The lowest BCUT2D eigenvalue weighted by atomic mass is 9.95. The van der Waals surface area contributed by atoms with Crippen molar-refractivity contribution in [2.24, 2.45) is 0 Å². The lowest BCUT2D eigenvalue weighted by Crippen LogP contribution is -2.22. The number of nitrogens with zero attached hydrogens (tertiary/aromatic N) is 4. The van der Waals surface area contributed by atoms with Gasteiger partial charge in [0.15, 0.2) is 0 Å². The second-order valence-electron chi connectivity index (χ2n) is 7.21. The van der Waals surface area contributed by atoms with E-state index >= 15 is 0 Å². The number of ether oxygens (including phenoxy) is 1. The van der Waals surface area contributed by atoms with Crippen molar-refractivity contribution in [3.8, 4) is 5.95 Å². The van der Waals surface area contributed by atoms with Gasteiger partial charge < -0.3 is 15.2 Å². The van der Waals surface area contributed by atoms with Crippen LogP contribution >= 0.6 is 0 Å². The van der Waals surface area contributed by atoms with Gasteiger partial charge in [0.2, 0.25) is 5.95 Å². The number of carbonyl (C=O) groups excluding carboxylic acids is 1. The van der Waals surface area contributed by atoms with E-state index in [-0.39, 0.29) is 12.6 Å². The molecule has 2 aromatic heterocycles. The number of nitrogens with one attached hydrogen (secondary N) is 1. The molecule has 0 saturated carbocycles. The number of hydrogen-bond donors (Lipinski definition) is 2. The van der Waals surface area contributed by atoms with Gasteiger partial charge in [-0.25, -0.2) is 19.7 Å². The summed E-state index contributed by atoms with van der Waals surface area (Å²) in [6.45, 7) is 7.01. The predicted molar refractivity (Wildman–Crippen MR) is 106 cm³/mol. The molecular weight excluding hydrogens is 370 g/mol. The number of aliphatic hydroxyl groups excluding tert-OH is 1. The number of hydrogen-bond acceptors (Lipinski definition) is 7. The van der Waals surface area contributed by atoms with E-state index in [0.717, 1.165) is 33.6 Å². The van der Waals surface area contributed by atoms with Gasteiger partial charge in [0, 0.05) is 42.3 Å². The third-order valence-electron chi connectivity index (χ3n) is 5.39. The number of esters is 1. The molecule has 0 fully saturated rings. The quantitative estimate of drug-likeness (QED) is 0.618. The van der Waals surface area contributed by atoms with E-state index in [9.17, 15) is 9.90 Å². The van der Waals surface area contributed by atoms with Crippen molar-refractivity contribution >= 4 is 5.97 Å². The second kappa shape index (κ2) is 7.73. The predicted octanol–water partition coefficient (Wildman–Crippen LogP) is 2.08. The van der Waals surface area contributed by atoms with E-state index in [1.165, 1.54) is 0 Å². The van der Waals surface area contributed by atoms with Crippen molar-refractivity contribution < 1.29 is 14.6 Å². The molecule has 0 amide bonds. The molecule has 3 heterocycles. The van der Waals surface area contributed by atoms with E-state index in [1.807, 2.05) is 25.3 Å². The number of cyclic esters (lactones) is 1. The average Bonchev–Trinajstić information content (AvgIpc) is 3.26. The maximum absolute atomic E-state index is 11.6. The van der Waals surface area contributed by atoms with Gasteiger partial charge in [-0.05, 0) is 38.0 Å². The maximum Gasteiger partial charge on any atom is 0.338 e. The molecule has 3 aromatic rings. The van der Waals surface area contributed by atoms with Gasteiger partial charge in [0.25, 0.3) is 0 Å². The van der Waals surface area contributed by atoms with Crippen LogP contribution in [0.3, 0.4) is 0 Å². The van der Waals surface area contributed by atoms with Crippen LogP contribution in [0.25, 0.3) is 5.95 Å². The van der Waals surface area contributed by atoms with Crippen LogP contribution in [0.15, 0.2) is 30.9 Å². The van der Waals surface area contributed by atoms with E-state index in [0.29, 0.717) is 24.6 Å². The summed E-state index contributed by atoms with van der Waals surface area (Å²) in [6, 6.07) is 3.52. The number of carbonyl (C=O) groups is 1. The zero-order valence-electron chi connectivity index (χ0n) is 16.6. The molecule has 1 atom stereocenters. The molecule has 0 radical (unpaired) electrons. The highest BCUT2D eigenvalue weighted by molar-refractivity contribution is 5.93. The summed E-state index contributed by atoms with van der Waals surface area (Å²) in [7, 11) is 0. The Balaban J connectivity index is 1.37. The van der Waals surface area contributed by atoms with Gasteiger partial charge >= 0.3 is 5.97 Å². The normalized spacial score (nSPS) is 14.0. The summed E-state index contributed by atoms with van der Waals surface area (Å²) in [6.07, 6.45) is 4.55. The van der Waals surface area contributed by atoms with Crippen LogP contribution in [0, 0.1) is 20.8 Å². The molecule has 0 spiro atoms. The molecule has 0 saturated heterocycles. The molecule has 1 unspecified atom stereocenters. The molecular formula is C21H23N5O3. The highest BCUT2D eigenvalue weighted by atomic mass is 16.5. The van der Waals surface area contributed by atoms with Gasteiger partial charge in [-0.15, -0.1) is 0 Å². The van der Waals surface area contributed by atoms with E-state index in [4.69, 9.17) is 4.74 Å². The largest absolute Gasteiger partial charge is 0.457 e. The highest BCUT2D eigenvalue weighted by Gasteiger charge is 2.25. The van der Waals surface area contributed by atoms with Crippen molar-refractivity contribution in [1.29, 1.82) is 0 Å². The zero-order valence-corrected chi connectivity index (χ0v) is 16.6. The number of rotatable bonds is 6. The molecule has 0 aliphatic carbocycles. The van der Waals surface area contributed by atoms with Crippen LogP contribution in [0.4, 0.5) is 0 Å². The summed E-state index contributed by atoms with van der Waals surface area (Å²) in [5.74, 6) is 0.282. The van der Waals surface area contributed by atoms with Crippen molar-refractivity contribution in [2.45, 2.75) is 40.0 Å². The fourth-order valence-corrected chi connectivity index (χ4v) is 3.46. The summed E-state index contributed by atoms with van der Waals surface area (Å²) >= 11 is 0. The smallest absolute Gasteiger partial charge is 0.338 e. The van der Waals surface area contributed by atoms with Gasteiger partial charge in [0.05, 0.1) is 17.4 Å². The van der Waals surface area contributed by atoms with Gasteiger partial charge in [-0.1, -0.05) is 6.07 Å². The Hall–Kier alpha value is -3.10. The summed E-state index contributed by atoms with van der Waals surface area (Å²) in [4.78, 5) is 24.7. The van der Waals surface area contributed by atoms with Crippen LogP contribution in [0.5, 0.6) is 0 Å². The number of aromatic nitrogens is 4. The van der Waals surface area contributed by atoms with Gasteiger partial charge in [-0.3, -0.25) is 4.57 Å². The molecule has 8 nitrogen and oxygen atoms in total. The van der Waals surface area contributed by atoms with E-state index in [1.54, 1.807) is 30.9 Å². The Labute approximate surface area is 168 Å². The number of fused-ring (bicyclic) bond motifs is 1. The first kappa shape index (κ1) is 19.2. The van der Waals surface area contributed by atoms with Crippen molar-refractivity contribution in [1.82, 2.24) is 24.8 Å². The van der Waals surface area contributed by atoms with Crippen LogP contribution in [0.2, 0.25) is 0 Å². The molecule has 0 bridgehead atoms. The third-order valence-corrected chi connectivity index (χ3v) is 5.39. The Morgan fingerprint density at radius 3 is 2.66 bits per heavy atom. The summed E-state index contributed by atoms with van der Waals surface area (Å²) in [5, 5.41) is 13.8. The van der Waals surface area contributed by atoms with Crippen LogP contribution in [-0.4, -0.2) is 37.1 Å². The molecule has 1 aromatic carbocycles. The lowest BCUT2D eigenvalue weighted by Gasteiger charge is -2.16. The minimum absolute atomic E-state index is 0.271. The number of aryl methyl sites for hydroxylation is 1. The van der Waals surface area contributed by atoms with Gasteiger partial charge in [0.1, 0.15) is 12.9 Å². The number of imidazole rings is 1. The molecule has 4 rings (SSSR count). The van der Waals surface area contributed by atoms with Gasteiger partial charge in [-0.2, -0.15) is 0 Å². The minimum atomic E-state index is -0.687. The SMILES string of the molecule is Cc1ncn(-c2ncc(CNCC(O)c3ccc4c(c3C)COC4=O)cn2)c1C. The number of benzene rings is 1. The van der Waals surface area contributed by atoms with E-state index in [2.05, 4.69) is 20.3 Å². The standard InChI is InChI=1S/C21H23N5O3/c1-12-16(4-5-17-18(12)10-29-20(17)28)19(27)9-22-6-15-7-23-21(24-8-15)26-11-25-13(2)14(26)3/h4-5,7-8,11,19,22,27H,6,9-10H2,1-3H3. The highest BCUT2D eigenvalue weighted by Crippen LogP contribution is 2.28. The molecule has 8 heteroatoms. The minimum Gasteiger partial charge on any atom is -0.457 e. The summed E-state index contributed by atoms with van der Waals surface area (Å²) < 4.78 is 6.92. The Morgan fingerprint density at radius 2 is 1.97 bits per heavy atom. The first-order valence-corrected chi connectivity index (χ1v) is 9.46. The monoisotopic (exact) mass is 393 g/mol. The molecule has 29 heavy (non-hydrogen) atoms. The Morgan fingerprint density at radius 1 is 1.21 bits per heavy atom. The summed E-state index contributed by atoms with van der Waals surface area (Å²) in [5.41, 5.74) is 6.03. The molecule has 150 valence electrons. The fraction of sp³-hybridized carbons (Fsp3) is 0.333. The van der Waals surface area contributed by atoms with Crippen molar-refractivity contribution in [2.75, 3.05) is 6.54 Å². The topological polar surface area (TPSA) is 102 Å². The Bertz CT molecular complexity index is 1060. The molecule has 2 N–H and O–H groups in total. The zero-order chi connectivity index (χ0) is 20.5. The third kappa shape index (κ3) is 3.64. The maximum atomic E-state index is 11.6. The second-order valence-corrected chi connectivity index (χ2v) is 7.21.